The van der Waals surface area contributed by atoms with Crippen molar-refractivity contribution in [3.8, 4) is 5.88 Å². The number of hydrogen-bond donors (Lipinski definition) is 1. The standard InChI is InChI=1S/C14H24N4O/c1-4-7-15-14-16-11(2)10-13(17-14)19-12-5-8-18(3)9-6-12/h10,12H,4-9H2,1-3H3,(H,15,16,17). The minimum absolute atomic E-state index is 0.282. The van der Waals surface area contributed by atoms with E-state index in [4.69, 9.17) is 4.74 Å². The van der Waals surface area contributed by atoms with Gasteiger partial charge in [0.2, 0.25) is 11.8 Å². The summed E-state index contributed by atoms with van der Waals surface area (Å²) in [6, 6.07) is 1.91. The fraction of sp³-hybridized carbons (Fsp3) is 0.714. The summed E-state index contributed by atoms with van der Waals surface area (Å²) in [5, 5.41) is 3.21. The molecule has 1 fully saturated rings. The Hall–Kier alpha value is -1.36. The van der Waals surface area contributed by atoms with E-state index in [1.54, 1.807) is 0 Å². The van der Waals surface area contributed by atoms with Gasteiger partial charge in [0, 0.05) is 31.4 Å². The van der Waals surface area contributed by atoms with Crippen molar-refractivity contribution in [3.63, 3.8) is 0 Å². The van der Waals surface area contributed by atoms with Crippen molar-refractivity contribution in [2.75, 3.05) is 32.0 Å². The second-order valence-electron chi connectivity index (χ2n) is 5.22. The predicted octanol–water partition coefficient (Wildman–Crippen LogP) is 2.08. The molecule has 0 radical (unpaired) electrons. The van der Waals surface area contributed by atoms with E-state index in [9.17, 15) is 0 Å². The van der Waals surface area contributed by atoms with E-state index in [2.05, 4.69) is 34.2 Å². The number of hydrogen-bond acceptors (Lipinski definition) is 5. The normalized spacial score (nSPS) is 17.4. The third-order valence-corrected chi connectivity index (χ3v) is 3.32. The summed E-state index contributed by atoms with van der Waals surface area (Å²) < 4.78 is 5.99. The van der Waals surface area contributed by atoms with Crippen LogP contribution in [-0.4, -0.2) is 47.7 Å². The first-order valence-corrected chi connectivity index (χ1v) is 7.12. The summed E-state index contributed by atoms with van der Waals surface area (Å²) in [5.41, 5.74) is 0.941. The number of piperidine rings is 1. The smallest absolute Gasteiger partial charge is 0.226 e. The van der Waals surface area contributed by atoms with E-state index >= 15 is 0 Å². The summed E-state index contributed by atoms with van der Waals surface area (Å²) in [5.74, 6) is 1.37. The Balaban J connectivity index is 1.97. The number of anilines is 1. The molecule has 0 amide bonds. The first-order valence-electron chi connectivity index (χ1n) is 7.12. The number of ether oxygens (including phenoxy) is 1. The molecule has 0 unspecified atom stereocenters. The summed E-state index contributed by atoms with van der Waals surface area (Å²) in [4.78, 5) is 11.1. The molecule has 0 atom stereocenters. The highest BCUT2D eigenvalue weighted by Crippen LogP contribution is 2.18. The second-order valence-corrected chi connectivity index (χ2v) is 5.22. The first kappa shape index (κ1) is 14.1. The van der Waals surface area contributed by atoms with Crippen LogP contribution in [0.2, 0.25) is 0 Å². The van der Waals surface area contributed by atoms with Gasteiger partial charge in [-0.1, -0.05) is 6.92 Å². The minimum atomic E-state index is 0.282. The number of nitrogens with zero attached hydrogens (tertiary/aromatic N) is 3. The Labute approximate surface area is 115 Å². The Bertz CT molecular complexity index is 402. The predicted molar refractivity (Wildman–Crippen MR) is 76.7 cm³/mol. The maximum atomic E-state index is 5.99. The SMILES string of the molecule is CCCNc1nc(C)cc(OC2CCN(C)CC2)n1. The number of rotatable bonds is 5. The van der Waals surface area contributed by atoms with Gasteiger partial charge in [0.1, 0.15) is 6.10 Å². The second kappa shape index (κ2) is 6.70. The van der Waals surface area contributed by atoms with Gasteiger partial charge in [-0.05, 0) is 33.2 Å². The van der Waals surface area contributed by atoms with Crippen LogP contribution in [0.4, 0.5) is 5.95 Å². The highest BCUT2D eigenvalue weighted by Gasteiger charge is 2.18. The molecule has 19 heavy (non-hydrogen) atoms. The highest BCUT2D eigenvalue weighted by molar-refractivity contribution is 5.30. The molecule has 2 heterocycles. The van der Waals surface area contributed by atoms with Crippen LogP contribution in [0.3, 0.4) is 0 Å². The molecule has 1 N–H and O–H groups in total. The lowest BCUT2D eigenvalue weighted by molar-refractivity contribution is 0.110. The zero-order valence-electron chi connectivity index (χ0n) is 12.1. The molecule has 0 aromatic carbocycles. The molecule has 1 aromatic rings. The lowest BCUT2D eigenvalue weighted by Gasteiger charge is -2.29. The van der Waals surface area contributed by atoms with E-state index in [0.29, 0.717) is 11.8 Å². The van der Waals surface area contributed by atoms with Crippen molar-refractivity contribution in [1.82, 2.24) is 14.9 Å². The Morgan fingerprint density at radius 1 is 1.37 bits per heavy atom. The molecule has 1 aromatic heterocycles. The van der Waals surface area contributed by atoms with Gasteiger partial charge < -0.3 is 15.0 Å². The van der Waals surface area contributed by atoms with Gasteiger partial charge in [-0.2, -0.15) is 4.98 Å². The van der Waals surface area contributed by atoms with Gasteiger partial charge in [0.25, 0.3) is 0 Å². The average molecular weight is 264 g/mol. The molecular weight excluding hydrogens is 240 g/mol. The molecule has 106 valence electrons. The van der Waals surface area contributed by atoms with Gasteiger partial charge in [-0.15, -0.1) is 0 Å². The lowest BCUT2D eigenvalue weighted by Crippen LogP contribution is -2.35. The van der Waals surface area contributed by atoms with Crippen LogP contribution in [0.25, 0.3) is 0 Å². The molecule has 0 saturated carbocycles. The Morgan fingerprint density at radius 3 is 2.79 bits per heavy atom. The van der Waals surface area contributed by atoms with Gasteiger partial charge in [0.05, 0.1) is 0 Å². The molecular formula is C14H24N4O. The summed E-state index contributed by atoms with van der Waals surface area (Å²) >= 11 is 0. The zero-order valence-corrected chi connectivity index (χ0v) is 12.1. The fourth-order valence-electron chi connectivity index (χ4n) is 2.19. The molecule has 0 spiro atoms. The van der Waals surface area contributed by atoms with Crippen LogP contribution in [0, 0.1) is 6.92 Å². The van der Waals surface area contributed by atoms with E-state index in [0.717, 1.165) is 44.6 Å². The number of likely N-dealkylation sites (tertiary alicyclic amines) is 1. The van der Waals surface area contributed by atoms with Crippen molar-refractivity contribution in [1.29, 1.82) is 0 Å². The van der Waals surface area contributed by atoms with Crippen molar-refractivity contribution >= 4 is 5.95 Å². The lowest BCUT2D eigenvalue weighted by atomic mass is 10.1. The van der Waals surface area contributed by atoms with Crippen LogP contribution < -0.4 is 10.1 Å². The van der Waals surface area contributed by atoms with Crippen LogP contribution in [0.1, 0.15) is 31.9 Å². The topological polar surface area (TPSA) is 50.3 Å². The van der Waals surface area contributed by atoms with E-state index < -0.39 is 0 Å². The minimum Gasteiger partial charge on any atom is -0.474 e. The van der Waals surface area contributed by atoms with E-state index in [1.165, 1.54) is 0 Å². The van der Waals surface area contributed by atoms with Gasteiger partial charge in [0.15, 0.2) is 0 Å². The van der Waals surface area contributed by atoms with Crippen LogP contribution in [0.15, 0.2) is 6.07 Å². The Kier molecular flexibility index (Phi) is 4.96. The summed E-state index contributed by atoms with van der Waals surface area (Å²) in [6.45, 7) is 7.17. The van der Waals surface area contributed by atoms with Gasteiger partial charge >= 0.3 is 0 Å². The van der Waals surface area contributed by atoms with Crippen molar-refractivity contribution in [3.05, 3.63) is 11.8 Å². The molecule has 5 heteroatoms. The number of nitrogens with one attached hydrogen (secondary N) is 1. The van der Waals surface area contributed by atoms with Gasteiger partial charge in [-0.3, -0.25) is 0 Å². The molecule has 1 aliphatic heterocycles. The largest absolute Gasteiger partial charge is 0.474 e. The third kappa shape index (κ3) is 4.35. The summed E-state index contributed by atoms with van der Waals surface area (Å²) in [6.07, 6.45) is 3.47. The maximum Gasteiger partial charge on any atom is 0.226 e. The monoisotopic (exact) mass is 264 g/mol. The van der Waals surface area contributed by atoms with E-state index in [1.807, 2.05) is 13.0 Å². The van der Waals surface area contributed by atoms with Crippen molar-refractivity contribution < 1.29 is 4.74 Å². The zero-order chi connectivity index (χ0) is 13.7. The molecule has 2 rings (SSSR count). The van der Waals surface area contributed by atoms with Crippen LogP contribution in [0.5, 0.6) is 5.88 Å². The molecule has 0 aliphatic carbocycles. The summed E-state index contributed by atoms with van der Waals surface area (Å²) in [7, 11) is 2.15. The number of aryl methyl sites for hydroxylation is 1. The van der Waals surface area contributed by atoms with Crippen LogP contribution in [-0.2, 0) is 0 Å². The highest BCUT2D eigenvalue weighted by atomic mass is 16.5. The average Bonchev–Trinajstić information content (AvgIpc) is 2.38. The first-order chi connectivity index (χ1) is 9.17. The molecule has 1 aliphatic rings. The number of aromatic nitrogens is 2. The molecule has 0 bridgehead atoms. The Morgan fingerprint density at radius 2 is 2.11 bits per heavy atom. The molecule has 1 saturated heterocycles. The fourth-order valence-corrected chi connectivity index (χ4v) is 2.19. The van der Waals surface area contributed by atoms with E-state index in [-0.39, 0.29) is 6.10 Å². The third-order valence-electron chi connectivity index (χ3n) is 3.32. The van der Waals surface area contributed by atoms with Gasteiger partial charge in [-0.25, -0.2) is 4.98 Å². The van der Waals surface area contributed by atoms with Crippen molar-refractivity contribution in [2.24, 2.45) is 0 Å². The molecule has 5 nitrogen and oxygen atoms in total. The quantitative estimate of drug-likeness (QED) is 0.882. The maximum absolute atomic E-state index is 5.99. The van der Waals surface area contributed by atoms with Crippen molar-refractivity contribution in [2.45, 2.75) is 39.2 Å². The van der Waals surface area contributed by atoms with Crippen LogP contribution >= 0.6 is 0 Å².